The summed E-state index contributed by atoms with van der Waals surface area (Å²) >= 11 is 12.3. The molecule has 7 heteroatoms. The predicted octanol–water partition coefficient (Wildman–Crippen LogP) is 8.00. The van der Waals surface area contributed by atoms with Crippen molar-refractivity contribution in [2.45, 2.75) is 32.0 Å². The fourth-order valence-corrected chi connectivity index (χ4v) is 4.96. The van der Waals surface area contributed by atoms with Crippen LogP contribution in [0.1, 0.15) is 34.6 Å². The summed E-state index contributed by atoms with van der Waals surface area (Å²) in [4.78, 5) is 14.9. The molecule has 0 N–H and O–H groups in total. The molecule has 0 saturated heterocycles. The number of halogens is 2. The van der Waals surface area contributed by atoms with Crippen molar-refractivity contribution in [1.29, 1.82) is 0 Å². The largest absolute Gasteiger partial charge is 0.486 e. The Bertz CT molecular complexity index is 1350. The van der Waals surface area contributed by atoms with Crippen molar-refractivity contribution in [1.82, 2.24) is 4.90 Å². The quantitative estimate of drug-likeness (QED) is 0.128. The number of ketones is 1. The van der Waals surface area contributed by atoms with Gasteiger partial charge >= 0.3 is 0 Å². The highest BCUT2D eigenvalue weighted by Crippen LogP contribution is 2.28. The standard InChI is InChI=1S/C35H37Cl2NO4/c1-25-6-18-31(19-7-25)41-24-34(39)35(40-3)42-32-20-8-26(9-21-32)5-4-22-38(2)23-33(27-10-14-29(36)15-11-27)28-12-16-30(37)17-13-28/h6-21,33,35H,4-5,22-24H2,1-3H3. The average Bonchev–Trinajstić information content (AvgIpc) is 3.00. The lowest BCUT2D eigenvalue weighted by atomic mass is 9.91. The summed E-state index contributed by atoms with van der Waals surface area (Å²) in [5.74, 6) is 1.12. The molecule has 4 rings (SSSR count). The molecule has 42 heavy (non-hydrogen) atoms. The van der Waals surface area contributed by atoms with E-state index in [4.69, 9.17) is 37.4 Å². The topological polar surface area (TPSA) is 48.0 Å². The van der Waals surface area contributed by atoms with Gasteiger partial charge in [0.15, 0.2) is 6.61 Å². The first-order chi connectivity index (χ1) is 20.3. The fraction of sp³-hybridized carbons (Fsp3) is 0.286. The summed E-state index contributed by atoms with van der Waals surface area (Å²) in [5.41, 5.74) is 4.77. The number of aryl methyl sites for hydroxylation is 2. The molecule has 0 aliphatic rings. The number of methoxy groups -OCH3 is 1. The number of likely N-dealkylation sites (N-methyl/N-ethyl adjacent to an activating group) is 1. The molecular formula is C35H37Cl2NO4. The van der Waals surface area contributed by atoms with Crippen molar-refractivity contribution in [3.63, 3.8) is 0 Å². The molecule has 0 saturated carbocycles. The van der Waals surface area contributed by atoms with Gasteiger partial charge in [-0.15, -0.1) is 0 Å². The molecule has 1 unspecified atom stereocenters. The number of ether oxygens (including phenoxy) is 3. The van der Waals surface area contributed by atoms with Crippen LogP contribution in [0.3, 0.4) is 0 Å². The van der Waals surface area contributed by atoms with E-state index in [0.717, 1.165) is 41.5 Å². The zero-order chi connectivity index (χ0) is 29.9. The van der Waals surface area contributed by atoms with Crippen LogP contribution in [-0.4, -0.2) is 50.8 Å². The van der Waals surface area contributed by atoms with Crippen LogP contribution >= 0.6 is 23.2 Å². The van der Waals surface area contributed by atoms with Gasteiger partial charge < -0.3 is 19.1 Å². The molecule has 0 aromatic heterocycles. The van der Waals surface area contributed by atoms with Gasteiger partial charge in [0.2, 0.25) is 5.78 Å². The van der Waals surface area contributed by atoms with Crippen LogP contribution in [0.25, 0.3) is 0 Å². The smallest absolute Gasteiger partial charge is 0.263 e. The maximum Gasteiger partial charge on any atom is 0.263 e. The summed E-state index contributed by atoms with van der Waals surface area (Å²) in [6.07, 6.45) is 0.887. The number of rotatable bonds is 15. The minimum atomic E-state index is -1.04. The molecule has 0 aliphatic carbocycles. The van der Waals surface area contributed by atoms with Crippen LogP contribution in [-0.2, 0) is 16.0 Å². The Balaban J connectivity index is 1.26. The highest BCUT2D eigenvalue weighted by Gasteiger charge is 2.21. The Hall–Kier alpha value is -3.35. The maximum absolute atomic E-state index is 12.6. The lowest BCUT2D eigenvalue weighted by Crippen LogP contribution is -2.33. The van der Waals surface area contributed by atoms with E-state index in [2.05, 4.69) is 36.2 Å². The Morgan fingerprint density at radius 3 is 1.88 bits per heavy atom. The zero-order valence-corrected chi connectivity index (χ0v) is 25.8. The third-order valence-electron chi connectivity index (χ3n) is 7.09. The molecule has 0 aliphatic heterocycles. The lowest BCUT2D eigenvalue weighted by Gasteiger charge is -2.25. The monoisotopic (exact) mass is 605 g/mol. The zero-order valence-electron chi connectivity index (χ0n) is 24.3. The van der Waals surface area contributed by atoms with Crippen molar-refractivity contribution in [3.8, 4) is 11.5 Å². The highest BCUT2D eigenvalue weighted by molar-refractivity contribution is 6.30. The van der Waals surface area contributed by atoms with E-state index in [9.17, 15) is 4.79 Å². The third kappa shape index (κ3) is 9.60. The number of nitrogens with zero attached hydrogens (tertiary/aromatic N) is 1. The number of Topliss-reactive ketones (excluding diaryl/α,β-unsaturated/α-hetero) is 1. The Morgan fingerprint density at radius 2 is 1.33 bits per heavy atom. The van der Waals surface area contributed by atoms with Crippen LogP contribution in [0, 0.1) is 6.92 Å². The first kappa shape index (κ1) is 31.6. The van der Waals surface area contributed by atoms with Gasteiger partial charge in [0.25, 0.3) is 6.29 Å². The maximum atomic E-state index is 12.6. The molecule has 0 amide bonds. The molecule has 0 spiro atoms. The normalized spacial score (nSPS) is 12.0. The summed E-state index contributed by atoms with van der Waals surface area (Å²) in [7, 11) is 3.60. The van der Waals surface area contributed by atoms with Gasteiger partial charge in [0.1, 0.15) is 11.5 Å². The van der Waals surface area contributed by atoms with Gasteiger partial charge in [-0.3, -0.25) is 4.79 Å². The van der Waals surface area contributed by atoms with Gasteiger partial charge in [0, 0.05) is 29.6 Å². The van der Waals surface area contributed by atoms with Crippen molar-refractivity contribution >= 4 is 29.0 Å². The molecule has 0 heterocycles. The molecule has 0 radical (unpaired) electrons. The summed E-state index contributed by atoms with van der Waals surface area (Å²) in [6, 6.07) is 31.5. The first-order valence-electron chi connectivity index (χ1n) is 14.0. The number of carbonyl (C=O) groups excluding carboxylic acids is 1. The van der Waals surface area contributed by atoms with Crippen molar-refractivity contribution < 1.29 is 19.0 Å². The van der Waals surface area contributed by atoms with E-state index in [0.29, 0.717) is 11.5 Å². The van der Waals surface area contributed by atoms with Crippen LogP contribution in [0.5, 0.6) is 11.5 Å². The molecule has 4 aromatic rings. The van der Waals surface area contributed by atoms with Gasteiger partial charge in [0.05, 0.1) is 0 Å². The van der Waals surface area contributed by atoms with Crippen LogP contribution < -0.4 is 9.47 Å². The number of carbonyl (C=O) groups is 1. The van der Waals surface area contributed by atoms with Gasteiger partial charge in [-0.1, -0.05) is 77.3 Å². The van der Waals surface area contributed by atoms with Crippen molar-refractivity contribution in [3.05, 3.63) is 129 Å². The van der Waals surface area contributed by atoms with Crippen molar-refractivity contribution in [2.24, 2.45) is 0 Å². The number of benzene rings is 4. The second-order valence-corrected chi connectivity index (χ2v) is 11.3. The molecule has 0 bridgehead atoms. The van der Waals surface area contributed by atoms with E-state index in [-0.39, 0.29) is 18.3 Å². The molecule has 4 aromatic carbocycles. The summed E-state index contributed by atoms with van der Waals surface area (Å²) in [5, 5.41) is 1.46. The average molecular weight is 607 g/mol. The minimum absolute atomic E-state index is 0.135. The second-order valence-electron chi connectivity index (χ2n) is 10.4. The van der Waals surface area contributed by atoms with E-state index in [1.54, 1.807) is 0 Å². The van der Waals surface area contributed by atoms with E-state index >= 15 is 0 Å². The molecular weight excluding hydrogens is 569 g/mol. The Labute approximate surface area is 258 Å². The Kier molecular flexibility index (Phi) is 11.8. The second kappa shape index (κ2) is 15.8. The minimum Gasteiger partial charge on any atom is -0.486 e. The molecule has 1 atom stereocenters. The summed E-state index contributed by atoms with van der Waals surface area (Å²) in [6.45, 7) is 3.67. The first-order valence-corrected chi connectivity index (χ1v) is 14.8. The van der Waals surface area contributed by atoms with Gasteiger partial charge in [-0.05, 0) is 98.6 Å². The molecule has 0 fully saturated rings. The van der Waals surface area contributed by atoms with Crippen LogP contribution in [0.2, 0.25) is 10.0 Å². The van der Waals surface area contributed by atoms with Crippen LogP contribution in [0.4, 0.5) is 0 Å². The Morgan fingerprint density at radius 1 is 0.786 bits per heavy atom. The SMILES string of the molecule is COC(Oc1ccc(CCCN(C)CC(c2ccc(Cl)cc2)c2ccc(Cl)cc2)cc1)C(=O)COc1ccc(C)cc1. The lowest BCUT2D eigenvalue weighted by molar-refractivity contribution is -0.147. The molecule has 220 valence electrons. The third-order valence-corrected chi connectivity index (χ3v) is 7.59. The fourth-order valence-electron chi connectivity index (χ4n) is 4.71. The van der Waals surface area contributed by atoms with E-state index < -0.39 is 6.29 Å². The van der Waals surface area contributed by atoms with E-state index in [1.807, 2.05) is 79.7 Å². The summed E-state index contributed by atoms with van der Waals surface area (Å²) < 4.78 is 16.7. The number of hydrogen-bond donors (Lipinski definition) is 0. The van der Waals surface area contributed by atoms with Crippen molar-refractivity contribution in [2.75, 3.05) is 33.9 Å². The van der Waals surface area contributed by atoms with Gasteiger partial charge in [-0.2, -0.15) is 0 Å². The van der Waals surface area contributed by atoms with E-state index in [1.165, 1.54) is 23.8 Å². The molecule has 5 nitrogen and oxygen atoms in total. The highest BCUT2D eigenvalue weighted by atomic mass is 35.5. The number of hydrogen-bond acceptors (Lipinski definition) is 5. The van der Waals surface area contributed by atoms with Gasteiger partial charge in [-0.25, -0.2) is 0 Å². The van der Waals surface area contributed by atoms with Crippen LogP contribution in [0.15, 0.2) is 97.1 Å². The predicted molar refractivity (Wildman–Crippen MR) is 170 cm³/mol.